The predicted octanol–water partition coefficient (Wildman–Crippen LogP) is 0.950. The molecule has 0 radical (unpaired) electrons. The minimum atomic E-state index is -0.543. The number of nitrogens with zero attached hydrogens (tertiary/aromatic N) is 1. The molecule has 1 rings (SSSR count). The van der Waals surface area contributed by atoms with Gasteiger partial charge in [-0.3, -0.25) is 4.79 Å². The van der Waals surface area contributed by atoms with Crippen molar-refractivity contribution in [1.82, 2.24) is 4.98 Å². The summed E-state index contributed by atoms with van der Waals surface area (Å²) in [6, 6.07) is 5.05. The zero-order chi connectivity index (χ0) is 10.6. The zero-order valence-corrected chi connectivity index (χ0v) is 8.49. The molecule has 1 atom stereocenters. The summed E-state index contributed by atoms with van der Waals surface area (Å²) in [6.07, 6.45) is 0. The van der Waals surface area contributed by atoms with Crippen LogP contribution in [0.4, 0.5) is 0 Å². The first kappa shape index (κ1) is 10.9. The molecule has 5 heteroatoms. The molecule has 0 amide bonds. The van der Waals surface area contributed by atoms with E-state index < -0.39 is 11.9 Å². The van der Waals surface area contributed by atoms with Gasteiger partial charge in [0, 0.05) is 6.54 Å². The van der Waals surface area contributed by atoms with Gasteiger partial charge in [-0.25, -0.2) is 4.98 Å². The minimum absolute atomic E-state index is 0.153. The Kier molecular flexibility index (Phi) is 3.85. The van der Waals surface area contributed by atoms with Gasteiger partial charge in [0.05, 0.1) is 12.8 Å². The molecule has 1 aromatic rings. The first-order valence-electron chi connectivity index (χ1n) is 4.09. The highest BCUT2D eigenvalue weighted by atomic mass is 35.5. The summed E-state index contributed by atoms with van der Waals surface area (Å²) in [6.45, 7) is 0.153. The number of esters is 1. The molecule has 4 nitrogen and oxygen atoms in total. The van der Waals surface area contributed by atoms with Gasteiger partial charge in [0.2, 0.25) is 0 Å². The number of rotatable bonds is 3. The lowest BCUT2D eigenvalue weighted by Gasteiger charge is -2.11. The molecule has 0 aliphatic rings. The summed E-state index contributed by atoms with van der Waals surface area (Å²) >= 11 is 5.69. The Morgan fingerprint density at radius 2 is 2.43 bits per heavy atom. The standard InChI is InChI=1S/C9H11ClN2O2/c1-14-9(13)6(5-11)7-3-2-4-8(10)12-7/h2-4,6H,5,11H2,1H3. The van der Waals surface area contributed by atoms with Crippen molar-refractivity contribution in [2.24, 2.45) is 5.73 Å². The van der Waals surface area contributed by atoms with E-state index in [1.165, 1.54) is 7.11 Å². The molecule has 0 aliphatic carbocycles. The van der Waals surface area contributed by atoms with Crippen molar-refractivity contribution in [3.63, 3.8) is 0 Å². The Hall–Kier alpha value is -1.13. The smallest absolute Gasteiger partial charge is 0.316 e. The fourth-order valence-electron chi connectivity index (χ4n) is 1.10. The number of halogens is 1. The molecule has 0 spiro atoms. The van der Waals surface area contributed by atoms with Gasteiger partial charge in [-0.15, -0.1) is 0 Å². The highest BCUT2D eigenvalue weighted by Crippen LogP contribution is 2.15. The quantitative estimate of drug-likeness (QED) is 0.601. The van der Waals surface area contributed by atoms with E-state index in [1.54, 1.807) is 18.2 Å². The number of pyridine rings is 1. The van der Waals surface area contributed by atoms with Crippen LogP contribution >= 0.6 is 11.6 Å². The van der Waals surface area contributed by atoms with Crippen LogP contribution in [0.25, 0.3) is 0 Å². The van der Waals surface area contributed by atoms with Crippen LogP contribution in [0, 0.1) is 0 Å². The molecule has 0 aliphatic heterocycles. The summed E-state index contributed by atoms with van der Waals surface area (Å²) in [5.41, 5.74) is 5.98. The van der Waals surface area contributed by atoms with Crippen LogP contribution in [0.3, 0.4) is 0 Å². The third kappa shape index (κ3) is 2.43. The van der Waals surface area contributed by atoms with Crippen molar-refractivity contribution < 1.29 is 9.53 Å². The lowest BCUT2D eigenvalue weighted by atomic mass is 10.1. The van der Waals surface area contributed by atoms with Gasteiger partial charge in [-0.05, 0) is 12.1 Å². The number of nitrogens with two attached hydrogens (primary N) is 1. The highest BCUT2D eigenvalue weighted by molar-refractivity contribution is 6.29. The number of hydrogen-bond donors (Lipinski definition) is 1. The number of aromatic nitrogens is 1. The van der Waals surface area contributed by atoms with Crippen molar-refractivity contribution in [2.75, 3.05) is 13.7 Å². The molecule has 0 fully saturated rings. The second-order valence-electron chi connectivity index (χ2n) is 2.70. The summed E-state index contributed by atoms with van der Waals surface area (Å²) in [5.74, 6) is -0.944. The number of carbonyl (C=O) groups excluding carboxylic acids is 1. The van der Waals surface area contributed by atoms with E-state index in [0.29, 0.717) is 10.8 Å². The van der Waals surface area contributed by atoms with Gasteiger partial charge in [-0.2, -0.15) is 0 Å². The number of methoxy groups -OCH3 is 1. The molecule has 0 bridgehead atoms. The van der Waals surface area contributed by atoms with E-state index in [1.807, 2.05) is 0 Å². The second-order valence-corrected chi connectivity index (χ2v) is 3.08. The number of hydrogen-bond acceptors (Lipinski definition) is 4. The van der Waals surface area contributed by atoms with Crippen LogP contribution in [0.15, 0.2) is 18.2 Å². The van der Waals surface area contributed by atoms with Crippen LogP contribution in [0.5, 0.6) is 0 Å². The van der Waals surface area contributed by atoms with Crippen LogP contribution in [0.1, 0.15) is 11.6 Å². The van der Waals surface area contributed by atoms with E-state index in [0.717, 1.165) is 0 Å². The summed E-state index contributed by atoms with van der Waals surface area (Å²) in [7, 11) is 1.32. The molecule has 1 unspecified atom stereocenters. The van der Waals surface area contributed by atoms with Crippen LogP contribution < -0.4 is 5.73 Å². The van der Waals surface area contributed by atoms with Gasteiger partial charge < -0.3 is 10.5 Å². The van der Waals surface area contributed by atoms with Gasteiger partial charge >= 0.3 is 5.97 Å². The second kappa shape index (κ2) is 4.93. The average molecular weight is 215 g/mol. The molecule has 76 valence electrons. The fourth-order valence-corrected chi connectivity index (χ4v) is 1.27. The normalized spacial score (nSPS) is 12.2. The van der Waals surface area contributed by atoms with E-state index >= 15 is 0 Å². The third-order valence-electron chi connectivity index (χ3n) is 1.82. The van der Waals surface area contributed by atoms with Gasteiger partial charge in [0.25, 0.3) is 0 Å². The van der Waals surface area contributed by atoms with E-state index in [-0.39, 0.29) is 6.54 Å². The largest absolute Gasteiger partial charge is 0.468 e. The number of ether oxygens (including phenoxy) is 1. The maximum absolute atomic E-state index is 11.3. The maximum atomic E-state index is 11.3. The Balaban J connectivity index is 2.94. The number of carbonyl (C=O) groups is 1. The topological polar surface area (TPSA) is 65.2 Å². The minimum Gasteiger partial charge on any atom is -0.468 e. The zero-order valence-electron chi connectivity index (χ0n) is 7.74. The highest BCUT2D eigenvalue weighted by Gasteiger charge is 2.20. The fraction of sp³-hybridized carbons (Fsp3) is 0.333. The molecule has 0 saturated heterocycles. The Labute approximate surface area is 87.0 Å². The molecular formula is C9H11ClN2O2. The van der Waals surface area contributed by atoms with Crippen molar-refractivity contribution >= 4 is 17.6 Å². The van der Waals surface area contributed by atoms with Crippen molar-refractivity contribution in [2.45, 2.75) is 5.92 Å². The van der Waals surface area contributed by atoms with Crippen LogP contribution in [0.2, 0.25) is 5.15 Å². The maximum Gasteiger partial charge on any atom is 0.316 e. The SMILES string of the molecule is COC(=O)C(CN)c1cccc(Cl)n1. The van der Waals surface area contributed by atoms with Crippen LogP contribution in [-0.2, 0) is 9.53 Å². The van der Waals surface area contributed by atoms with E-state index in [4.69, 9.17) is 17.3 Å². The molecular weight excluding hydrogens is 204 g/mol. The summed E-state index contributed by atoms with van der Waals surface area (Å²) < 4.78 is 4.60. The van der Waals surface area contributed by atoms with Crippen molar-refractivity contribution in [3.05, 3.63) is 29.0 Å². The predicted molar refractivity (Wildman–Crippen MR) is 53.1 cm³/mol. The molecule has 2 N–H and O–H groups in total. The molecule has 0 aromatic carbocycles. The Morgan fingerprint density at radius 1 is 1.71 bits per heavy atom. The molecule has 14 heavy (non-hydrogen) atoms. The van der Waals surface area contributed by atoms with Crippen LogP contribution in [-0.4, -0.2) is 24.6 Å². The van der Waals surface area contributed by atoms with Crippen molar-refractivity contribution in [1.29, 1.82) is 0 Å². The first-order chi connectivity index (χ1) is 6.69. The Bertz CT molecular complexity index is 330. The molecule has 0 saturated carbocycles. The van der Waals surface area contributed by atoms with E-state index in [2.05, 4.69) is 9.72 Å². The van der Waals surface area contributed by atoms with Crippen molar-refractivity contribution in [3.8, 4) is 0 Å². The monoisotopic (exact) mass is 214 g/mol. The molecule has 1 heterocycles. The molecule has 1 aromatic heterocycles. The first-order valence-corrected chi connectivity index (χ1v) is 4.47. The summed E-state index contributed by atoms with van der Waals surface area (Å²) in [5, 5.41) is 0.338. The third-order valence-corrected chi connectivity index (χ3v) is 2.03. The lowest BCUT2D eigenvalue weighted by Crippen LogP contribution is -2.23. The van der Waals surface area contributed by atoms with E-state index in [9.17, 15) is 4.79 Å². The van der Waals surface area contributed by atoms with Gasteiger partial charge in [-0.1, -0.05) is 17.7 Å². The lowest BCUT2D eigenvalue weighted by molar-refractivity contribution is -0.142. The van der Waals surface area contributed by atoms with Gasteiger partial charge in [0.15, 0.2) is 0 Å². The summed E-state index contributed by atoms with van der Waals surface area (Å²) in [4.78, 5) is 15.3. The van der Waals surface area contributed by atoms with Gasteiger partial charge in [0.1, 0.15) is 11.1 Å². The Morgan fingerprint density at radius 3 is 2.93 bits per heavy atom. The average Bonchev–Trinajstić information content (AvgIpc) is 2.19.